The quantitative estimate of drug-likeness (QED) is 0.690. The van der Waals surface area contributed by atoms with Crippen LogP contribution in [0.2, 0.25) is 0 Å². The number of hydrogen-bond acceptors (Lipinski definition) is 4. The van der Waals surface area contributed by atoms with E-state index in [-0.39, 0.29) is 6.03 Å². The van der Waals surface area contributed by atoms with Gasteiger partial charge in [0.2, 0.25) is 0 Å². The molecule has 0 aliphatic heterocycles. The molecule has 0 bridgehead atoms. The number of nitrogens with one attached hydrogen (secondary N) is 3. The summed E-state index contributed by atoms with van der Waals surface area (Å²) in [5.74, 6) is 1.17. The Bertz CT molecular complexity index is 844. The fourth-order valence-corrected chi connectivity index (χ4v) is 2.20. The van der Waals surface area contributed by atoms with Crippen molar-refractivity contribution >= 4 is 28.4 Å². The molecule has 1 heterocycles. The van der Waals surface area contributed by atoms with Crippen molar-refractivity contribution in [1.29, 1.82) is 0 Å². The Balaban J connectivity index is 1.73. The second-order valence-corrected chi connectivity index (χ2v) is 4.78. The highest BCUT2D eigenvalue weighted by Gasteiger charge is 2.09. The molecule has 0 atom stereocenters. The van der Waals surface area contributed by atoms with Crippen molar-refractivity contribution in [2.45, 2.75) is 0 Å². The third-order valence-corrected chi connectivity index (χ3v) is 3.34. The van der Waals surface area contributed by atoms with Crippen LogP contribution in [0.5, 0.6) is 11.5 Å². The number of nitrogens with zero attached hydrogens (tertiary/aromatic N) is 1. The van der Waals surface area contributed by atoms with E-state index in [9.17, 15) is 4.79 Å². The molecule has 3 rings (SSSR count). The molecular formula is C16H16N4O3. The second-order valence-electron chi connectivity index (χ2n) is 4.78. The lowest BCUT2D eigenvalue weighted by molar-refractivity contribution is 0.262. The number of H-pyrrole nitrogens is 1. The Kier molecular flexibility index (Phi) is 4.01. The monoisotopic (exact) mass is 312 g/mol. The van der Waals surface area contributed by atoms with Crippen molar-refractivity contribution in [3.63, 3.8) is 0 Å². The lowest BCUT2D eigenvalue weighted by Gasteiger charge is -2.12. The number of hydrogen-bond donors (Lipinski definition) is 3. The first-order valence-electron chi connectivity index (χ1n) is 6.93. The Morgan fingerprint density at radius 1 is 1.09 bits per heavy atom. The van der Waals surface area contributed by atoms with Gasteiger partial charge >= 0.3 is 6.03 Å². The lowest BCUT2D eigenvalue weighted by Crippen LogP contribution is -2.19. The molecule has 118 valence electrons. The summed E-state index contributed by atoms with van der Waals surface area (Å²) in [6.45, 7) is 0. The third kappa shape index (κ3) is 3.18. The number of rotatable bonds is 4. The van der Waals surface area contributed by atoms with Crippen LogP contribution in [0.4, 0.5) is 16.2 Å². The number of aromatic amines is 1. The van der Waals surface area contributed by atoms with E-state index < -0.39 is 0 Å². The van der Waals surface area contributed by atoms with E-state index in [1.165, 1.54) is 7.11 Å². The van der Waals surface area contributed by atoms with Crippen LogP contribution in [0.25, 0.3) is 11.0 Å². The van der Waals surface area contributed by atoms with E-state index in [2.05, 4.69) is 20.6 Å². The molecule has 0 unspecified atom stereocenters. The summed E-state index contributed by atoms with van der Waals surface area (Å²) in [7, 11) is 3.10. The van der Waals surface area contributed by atoms with Crippen LogP contribution in [-0.4, -0.2) is 30.2 Å². The van der Waals surface area contributed by atoms with Crippen LogP contribution in [0, 0.1) is 0 Å². The molecule has 0 radical (unpaired) electrons. The lowest BCUT2D eigenvalue weighted by atomic mass is 10.2. The number of carbonyl (C=O) groups excluding carboxylic acids is 1. The van der Waals surface area contributed by atoms with Crippen LogP contribution in [-0.2, 0) is 0 Å². The molecule has 1 aromatic heterocycles. The summed E-state index contributed by atoms with van der Waals surface area (Å²) in [6.07, 6.45) is 1.61. The zero-order chi connectivity index (χ0) is 16.2. The standard InChI is InChI=1S/C16H16N4O3/c1-22-11-4-6-13(15(8-11)23-2)20-16(21)19-10-3-5-12-14(7-10)18-9-17-12/h3-9H,1-2H3,(H,17,18)(H2,19,20,21). The van der Waals surface area contributed by atoms with Gasteiger partial charge in [0.25, 0.3) is 0 Å². The minimum Gasteiger partial charge on any atom is -0.497 e. The zero-order valence-corrected chi connectivity index (χ0v) is 12.7. The molecule has 0 saturated heterocycles. The van der Waals surface area contributed by atoms with Gasteiger partial charge in [-0.2, -0.15) is 0 Å². The highest BCUT2D eigenvalue weighted by Crippen LogP contribution is 2.29. The molecule has 3 aromatic rings. The van der Waals surface area contributed by atoms with Crippen molar-refractivity contribution in [1.82, 2.24) is 9.97 Å². The maximum Gasteiger partial charge on any atom is 0.323 e. The topological polar surface area (TPSA) is 88.3 Å². The number of methoxy groups -OCH3 is 2. The smallest absolute Gasteiger partial charge is 0.323 e. The number of urea groups is 1. The number of amides is 2. The Hall–Kier alpha value is -3.22. The third-order valence-electron chi connectivity index (χ3n) is 3.34. The van der Waals surface area contributed by atoms with Gasteiger partial charge in [-0.25, -0.2) is 9.78 Å². The van der Waals surface area contributed by atoms with Gasteiger partial charge in [0.05, 0.1) is 37.3 Å². The van der Waals surface area contributed by atoms with E-state index >= 15 is 0 Å². The van der Waals surface area contributed by atoms with Crippen LogP contribution in [0.3, 0.4) is 0 Å². The van der Waals surface area contributed by atoms with E-state index in [1.807, 2.05) is 12.1 Å². The number of fused-ring (bicyclic) bond motifs is 1. The summed E-state index contributed by atoms with van der Waals surface area (Å²) >= 11 is 0. The first kappa shape index (κ1) is 14.7. The van der Waals surface area contributed by atoms with Gasteiger partial charge in [-0.15, -0.1) is 0 Å². The van der Waals surface area contributed by atoms with Crippen LogP contribution in [0.15, 0.2) is 42.7 Å². The van der Waals surface area contributed by atoms with Gasteiger partial charge < -0.3 is 25.1 Å². The molecule has 0 fully saturated rings. The van der Waals surface area contributed by atoms with Crippen LogP contribution >= 0.6 is 0 Å². The van der Waals surface area contributed by atoms with Gasteiger partial charge in [-0.05, 0) is 30.3 Å². The van der Waals surface area contributed by atoms with Gasteiger partial charge in [-0.3, -0.25) is 0 Å². The van der Waals surface area contributed by atoms with E-state index in [0.717, 1.165) is 11.0 Å². The summed E-state index contributed by atoms with van der Waals surface area (Å²) in [5, 5.41) is 5.51. The summed E-state index contributed by atoms with van der Waals surface area (Å²) in [6, 6.07) is 10.2. The Morgan fingerprint density at radius 3 is 2.74 bits per heavy atom. The first-order valence-corrected chi connectivity index (χ1v) is 6.93. The highest BCUT2D eigenvalue weighted by molar-refractivity contribution is 6.01. The molecule has 0 aliphatic carbocycles. The molecule has 2 amide bonds. The molecule has 23 heavy (non-hydrogen) atoms. The molecule has 7 nitrogen and oxygen atoms in total. The minimum absolute atomic E-state index is 0.368. The van der Waals surface area contributed by atoms with Crippen molar-refractivity contribution < 1.29 is 14.3 Å². The fourth-order valence-electron chi connectivity index (χ4n) is 2.20. The number of imidazole rings is 1. The number of anilines is 2. The average Bonchev–Trinajstić information content (AvgIpc) is 3.02. The Morgan fingerprint density at radius 2 is 1.96 bits per heavy atom. The maximum absolute atomic E-state index is 12.1. The fraction of sp³-hybridized carbons (Fsp3) is 0.125. The van der Waals surface area contributed by atoms with Crippen LogP contribution < -0.4 is 20.1 Å². The van der Waals surface area contributed by atoms with E-state index in [1.54, 1.807) is 37.7 Å². The number of carbonyl (C=O) groups is 1. The predicted octanol–water partition coefficient (Wildman–Crippen LogP) is 3.22. The van der Waals surface area contributed by atoms with Crippen molar-refractivity contribution in [2.75, 3.05) is 24.9 Å². The number of ether oxygens (including phenoxy) is 2. The van der Waals surface area contributed by atoms with Gasteiger partial charge in [0, 0.05) is 11.8 Å². The normalized spacial score (nSPS) is 10.3. The van der Waals surface area contributed by atoms with E-state index in [4.69, 9.17) is 9.47 Å². The summed E-state index contributed by atoms with van der Waals surface area (Å²) < 4.78 is 10.4. The van der Waals surface area contributed by atoms with E-state index in [0.29, 0.717) is 22.9 Å². The molecule has 2 aromatic carbocycles. The average molecular weight is 312 g/mol. The second kappa shape index (κ2) is 6.27. The molecular weight excluding hydrogens is 296 g/mol. The van der Waals surface area contributed by atoms with Crippen molar-refractivity contribution in [3.8, 4) is 11.5 Å². The SMILES string of the molecule is COc1ccc(NC(=O)Nc2ccc3nc[nH]c3c2)c(OC)c1. The van der Waals surface area contributed by atoms with Crippen molar-refractivity contribution in [3.05, 3.63) is 42.7 Å². The highest BCUT2D eigenvalue weighted by atomic mass is 16.5. The predicted molar refractivity (Wildman–Crippen MR) is 88.3 cm³/mol. The zero-order valence-electron chi connectivity index (χ0n) is 12.7. The number of benzene rings is 2. The number of aromatic nitrogens is 2. The molecule has 0 saturated carbocycles. The largest absolute Gasteiger partial charge is 0.497 e. The van der Waals surface area contributed by atoms with Gasteiger partial charge in [-0.1, -0.05) is 0 Å². The molecule has 7 heteroatoms. The maximum atomic E-state index is 12.1. The molecule has 3 N–H and O–H groups in total. The molecule has 0 aliphatic rings. The van der Waals surface area contributed by atoms with Crippen LogP contribution in [0.1, 0.15) is 0 Å². The molecule has 0 spiro atoms. The first-order chi connectivity index (χ1) is 11.2. The Labute approximate surface area is 132 Å². The summed E-state index contributed by atoms with van der Waals surface area (Å²) in [4.78, 5) is 19.3. The summed E-state index contributed by atoms with van der Waals surface area (Å²) in [5.41, 5.74) is 2.90. The minimum atomic E-state index is -0.368. The van der Waals surface area contributed by atoms with Gasteiger partial charge in [0.15, 0.2) is 0 Å². The van der Waals surface area contributed by atoms with Gasteiger partial charge in [0.1, 0.15) is 11.5 Å². The van der Waals surface area contributed by atoms with Crippen molar-refractivity contribution in [2.24, 2.45) is 0 Å².